The molecule has 3 rings (SSSR count). The molecule has 22 heavy (non-hydrogen) atoms. The van der Waals surface area contributed by atoms with Crippen LogP contribution in [0.1, 0.15) is 30.0 Å². The Morgan fingerprint density at radius 1 is 1.00 bits per heavy atom. The highest BCUT2D eigenvalue weighted by molar-refractivity contribution is 5.31. The molecule has 1 fully saturated rings. The van der Waals surface area contributed by atoms with Crippen LogP contribution in [-0.2, 0) is 4.74 Å². The number of benzene rings is 2. The van der Waals surface area contributed by atoms with Gasteiger partial charge >= 0.3 is 0 Å². The molecule has 0 spiro atoms. The predicted octanol–water partition coefficient (Wildman–Crippen LogP) is 4.10. The number of hydrogen-bond donors (Lipinski definition) is 1. The zero-order valence-electron chi connectivity index (χ0n) is 12.8. The Bertz CT molecular complexity index is 542. The van der Waals surface area contributed by atoms with Crippen molar-refractivity contribution in [3.8, 4) is 0 Å². The lowest BCUT2D eigenvalue weighted by Gasteiger charge is -2.34. The first-order chi connectivity index (χ1) is 10.9. The van der Waals surface area contributed by atoms with Crippen molar-refractivity contribution in [1.82, 2.24) is 5.32 Å². The van der Waals surface area contributed by atoms with Gasteiger partial charge in [0.25, 0.3) is 0 Å². The zero-order valence-corrected chi connectivity index (χ0v) is 12.8. The summed E-state index contributed by atoms with van der Waals surface area (Å²) in [6.45, 7) is 4.75. The van der Waals surface area contributed by atoms with Crippen LogP contribution in [0.4, 0.5) is 0 Å². The van der Waals surface area contributed by atoms with Crippen LogP contribution < -0.4 is 5.32 Å². The van der Waals surface area contributed by atoms with E-state index in [0.717, 1.165) is 19.4 Å². The average molecular weight is 293 g/mol. The first kappa shape index (κ1) is 15.0. The van der Waals surface area contributed by atoms with E-state index in [9.17, 15) is 0 Å². The molecule has 0 bridgehead atoms. The van der Waals surface area contributed by atoms with Crippen molar-refractivity contribution in [2.24, 2.45) is 0 Å². The topological polar surface area (TPSA) is 21.3 Å². The fourth-order valence-electron chi connectivity index (χ4n) is 3.10. The number of nitrogens with one attached hydrogen (secondary N) is 1. The summed E-state index contributed by atoms with van der Waals surface area (Å²) in [5.41, 5.74) is 2.56. The Morgan fingerprint density at radius 3 is 2.14 bits per heavy atom. The highest BCUT2D eigenvalue weighted by Gasteiger charge is 2.26. The van der Waals surface area contributed by atoms with Gasteiger partial charge < -0.3 is 10.1 Å². The van der Waals surface area contributed by atoms with Crippen molar-refractivity contribution in [2.45, 2.75) is 31.0 Å². The van der Waals surface area contributed by atoms with Crippen LogP contribution in [0.15, 0.2) is 73.3 Å². The molecule has 1 saturated heterocycles. The molecule has 0 unspecified atom stereocenters. The second-order valence-corrected chi connectivity index (χ2v) is 5.74. The van der Waals surface area contributed by atoms with Crippen molar-refractivity contribution in [3.05, 3.63) is 84.4 Å². The zero-order chi connectivity index (χ0) is 15.2. The summed E-state index contributed by atoms with van der Waals surface area (Å²) in [5, 5.41) is 3.79. The van der Waals surface area contributed by atoms with E-state index in [4.69, 9.17) is 4.74 Å². The van der Waals surface area contributed by atoms with Gasteiger partial charge in [-0.25, -0.2) is 0 Å². The second kappa shape index (κ2) is 7.39. The first-order valence-electron chi connectivity index (χ1n) is 7.98. The smallest absolute Gasteiger partial charge is 0.0906 e. The molecule has 2 aromatic carbocycles. The standard InChI is InChI=1S/C20H23NO/c1-2-19-18(14-9-15-22-19)21-20(16-10-5-3-6-11-16)17-12-7-4-8-13-17/h2-8,10-13,18-21H,1,9,14-15H2/t18-,19-/m0/s1. The number of ether oxygens (including phenoxy) is 1. The molecule has 1 aliphatic rings. The fraction of sp³-hybridized carbons (Fsp3) is 0.300. The molecular weight excluding hydrogens is 270 g/mol. The molecule has 0 amide bonds. The van der Waals surface area contributed by atoms with Crippen molar-refractivity contribution in [2.75, 3.05) is 6.61 Å². The minimum absolute atomic E-state index is 0.0867. The van der Waals surface area contributed by atoms with Crippen LogP contribution in [0.3, 0.4) is 0 Å². The molecule has 0 aromatic heterocycles. The third kappa shape index (κ3) is 3.46. The van der Waals surface area contributed by atoms with Gasteiger partial charge in [0.05, 0.1) is 12.1 Å². The van der Waals surface area contributed by atoms with E-state index >= 15 is 0 Å². The highest BCUT2D eigenvalue weighted by atomic mass is 16.5. The molecular formula is C20H23NO. The predicted molar refractivity (Wildman–Crippen MR) is 90.8 cm³/mol. The highest BCUT2D eigenvalue weighted by Crippen LogP contribution is 2.25. The maximum Gasteiger partial charge on any atom is 0.0906 e. The van der Waals surface area contributed by atoms with Gasteiger partial charge in [-0.05, 0) is 24.0 Å². The van der Waals surface area contributed by atoms with Crippen molar-refractivity contribution in [1.29, 1.82) is 0 Å². The maximum atomic E-state index is 5.83. The van der Waals surface area contributed by atoms with Gasteiger partial charge in [-0.1, -0.05) is 66.7 Å². The van der Waals surface area contributed by atoms with Crippen LogP contribution in [0, 0.1) is 0 Å². The normalized spacial score (nSPS) is 21.7. The molecule has 0 radical (unpaired) electrons. The summed E-state index contributed by atoms with van der Waals surface area (Å²) in [5.74, 6) is 0. The lowest BCUT2D eigenvalue weighted by Crippen LogP contribution is -2.45. The van der Waals surface area contributed by atoms with Gasteiger partial charge in [0.15, 0.2) is 0 Å². The second-order valence-electron chi connectivity index (χ2n) is 5.74. The van der Waals surface area contributed by atoms with Crippen LogP contribution in [0.2, 0.25) is 0 Å². The lowest BCUT2D eigenvalue weighted by molar-refractivity contribution is 0.0186. The van der Waals surface area contributed by atoms with Crippen molar-refractivity contribution < 1.29 is 4.74 Å². The van der Waals surface area contributed by atoms with E-state index in [1.54, 1.807) is 0 Å². The van der Waals surface area contributed by atoms with E-state index in [2.05, 4.69) is 72.6 Å². The van der Waals surface area contributed by atoms with Gasteiger partial charge in [-0.3, -0.25) is 0 Å². The molecule has 0 aliphatic carbocycles. The monoisotopic (exact) mass is 293 g/mol. The Labute approximate surface area is 132 Å². The van der Waals surface area contributed by atoms with Gasteiger partial charge in [-0.2, -0.15) is 0 Å². The first-order valence-corrected chi connectivity index (χ1v) is 7.98. The van der Waals surface area contributed by atoms with Crippen molar-refractivity contribution >= 4 is 0 Å². The molecule has 1 heterocycles. The molecule has 1 aliphatic heterocycles. The van der Waals surface area contributed by atoms with Crippen molar-refractivity contribution in [3.63, 3.8) is 0 Å². The third-order valence-electron chi connectivity index (χ3n) is 4.25. The van der Waals surface area contributed by atoms with E-state index in [1.165, 1.54) is 11.1 Å². The van der Waals surface area contributed by atoms with Crippen LogP contribution in [0.25, 0.3) is 0 Å². The third-order valence-corrected chi connectivity index (χ3v) is 4.25. The average Bonchev–Trinajstić information content (AvgIpc) is 2.61. The van der Waals surface area contributed by atoms with E-state index in [0.29, 0.717) is 6.04 Å². The quantitative estimate of drug-likeness (QED) is 0.838. The molecule has 114 valence electrons. The molecule has 2 heteroatoms. The Kier molecular flexibility index (Phi) is 5.04. The van der Waals surface area contributed by atoms with E-state index < -0.39 is 0 Å². The van der Waals surface area contributed by atoms with E-state index in [1.807, 2.05) is 6.08 Å². The SMILES string of the molecule is C=C[C@@H]1OCCC[C@@H]1NC(c1ccccc1)c1ccccc1. The maximum absolute atomic E-state index is 5.83. The van der Waals surface area contributed by atoms with Crippen LogP contribution >= 0.6 is 0 Å². The Balaban J connectivity index is 1.87. The Morgan fingerprint density at radius 2 is 1.59 bits per heavy atom. The molecule has 2 nitrogen and oxygen atoms in total. The fourth-order valence-corrected chi connectivity index (χ4v) is 3.10. The number of rotatable bonds is 5. The number of hydrogen-bond acceptors (Lipinski definition) is 2. The molecule has 0 saturated carbocycles. The minimum Gasteiger partial charge on any atom is -0.373 e. The van der Waals surface area contributed by atoms with Gasteiger partial charge in [0, 0.05) is 12.6 Å². The van der Waals surface area contributed by atoms with Gasteiger partial charge in [0.2, 0.25) is 0 Å². The summed E-state index contributed by atoms with van der Waals surface area (Å²) in [7, 11) is 0. The summed E-state index contributed by atoms with van der Waals surface area (Å²) in [6, 6.07) is 21.7. The van der Waals surface area contributed by atoms with Crippen LogP contribution in [-0.4, -0.2) is 18.8 Å². The summed E-state index contributed by atoms with van der Waals surface area (Å²) in [4.78, 5) is 0. The molecule has 2 atom stereocenters. The van der Waals surface area contributed by atoms with Gasteiger partial charge in [0.1, 0.15) is 0 Å². The van der Waals surface area contributed by atoms with Crippen LogP contribution in [0.5, 0.6) is 0 Å². The summed E-state index contributed by atoms with van der Waals surface area (Å²) < 4.78 is 5.83. The van der Waals surface area contributed by atoms with Gasteiger partial charge in [-0.15, -0.1) is 6.58 Å². The largest absolute Gasteiger partial charge is 0.373 e. The summed E-state index contributed by atoms with van der Waals surface area (Å²) in [6.07, 6.45) is 4.22. The Hall–Kier alpha value is -1.90. The minimum atomic E-state index is 0.0867. The molecule has 1 N–H and O–H groups in total. The van der Waals surface area contributed by atoms with E-state index in [-0.39, 0.29) is 12.1 Å². The molecule has 2 aromatic rings. The summed E-state index contributed by atoms with van der Waals surface area (Å²) >= 11 is 0. The lowest BCUT2D eigenvalue weighted by atomic mass is 9.95.